The average Bonchev–Trinajstić information content (AvgIpc) is 2.55. The summed E-state index contributed by atoms with van der Waals surface area (Å²) in [5.41, 5.74) is 1.65. The number of hydrogen-bond acceptors (Lipinski definition) is 4. The molecule has 0 saturated carbocycles. The van der Waals surface area contributed by atoms with Gasteiger partial charge in [-0.1, -0.05) is 0 Å². The molecule has 0 radical (unpaired) electrons. The van der Waals surface area contributed by atoms with Gasteiger partial charge in [-0.2, -0.15) is 8.42 Å². The molecule has 0 aromatic rings. The normalized spacial score (nSPS) is 18.9. The van der Waals surface area contributed by atoms with E-state index in [0.29, 0.717) is 0 Å². The largest absolute Gasteiger partial charge is 0.360 e. The van der Waals surface area contributed by atoms with Crippen molar-refractivity contribution < 1.29 is 13.0 Å². The molecule has 0 unspecified atom stereocenters. The van der Waals surface area contributed by atoms with E-state index in [1.54, 1.807) is 18.2 Å². The van der Waals surface area contributed by atoms with E-state index in [0.717, 1.165) is 16.6 Å². The number of nitrogens with zero attached hydrogens (tertiary/aromatic N) is 2. The maximum Gasteiger partial charge on any atom is 0.360 e. The Hall–Kier alpha value is -1.14. The molecule has 0 spiro atoms. The van der Waals surface area contributed by atoms with Gasteiger partial charge >= 0.3 is 5.17 Å². The summed E-state index contributed by atoms with van der Waals surface area (Å²) in [7, 11) is -0.310. The Bertz CT molecular complexity index is 565. The molecular formula is C9H9N2O2S2+. The molecule has 1 heterocycles. The van der Waals surface area contributed by atoms with E-state index >= 15 is 0 Å². The number of thioether (sulfide) groups is 1. The monoisotopic (exact) mass is 241 g/mol. The second kappa shape index (κ2) is 3.79. The summed E-state index contributed by atoms with van der Waals surface area (Å²) in [6, 6.07) is 0. The Kier molecular flexibility index (Phi) is 2.62. The summed E-state index contributed by atoms with van der Waals surface area (Å²) in [5, 5.41) is 0.874. The smallest absolute Gasteiger partial charge is 0.217 e. The fourth-order valence-corrected chi connectivity index (χ4v) is 2.38. The predicted octanol–water partition coefficient (Wildman–Crippen LogP) is 0.307. The van der Waals surface area contributed by atoms with Gasteiger partial charge in [0.25, 0.3) is 0 Å². The van der Waals surface area contributed by atoms with Crippen molar-refractivity contribution in [3.63, 3.8) is 0 Å². The van der Waals surface area contributed by atoms with Crippen LogP contribution in [0.1, 0.15) is 0 Å². The van der Waals surface area contributed by atoms with E-state index in [1.807, 2.05) is 17.9 Å². The van der Waals surface area contributed by atoms with Gasteiger partial charge in [0.05, 0.1) is 11.9 Å². The molecule has 4 nitrogen and oxygen atoms in total. The lowest BCUT2D eigenvalue weighted by Crippen LogP contribution is -2.14. The molecule has 0 aromatic heterocycles. The van der Waals surface area contributed by atoms with Gasteiger partial charge in [-0.15, -0.1) is 0 Å². The molecule has 2 rings (SSSR count). The number of fused-ring (bicyclic) bond motifs is 1. The molecule has 6 heteroatoms. The van der Waals surface area contributed by atoms with Crippen molar-refractivity contribution in [2.24, 2.45) is 4.99 Å². The zero-order chi connectivity index (χ0) is 11.0. The fraction of sp³-hybridized carbons (Fsp3) is 0.222. The van der Waals surface area contributed by atoms with Crippen molar-refractivity contribution >= 4 is 37.8 Å². The molecule has 0 amide bonds. The highest BCUT2D eigenvalue weighted by Crippen LogP contribution is 2.18. The zero-order valence-corrected chi connectivity index (χ0v) is 9.89. The van der Waals surface area contributed by atoms with Crippen LogP contribution in [-0.4, -0.2) is 42.0 Å². The van der Waals surface area contributed by atoms with Crippen molar-refractivity contribution in [1.82, 2.24) is 0 Å². The van der Waals surface area contributed by atoms with E-state index in [4.69, 9.17) is 0 Å². The third-order valence-corrected chi connectivity index (χ3v) is 3.56. The van der Waals surface area contributed by atoms with E-state index in [2.05, 4.69) is 4.99 Å². The Balaban J connectivity index is 2.59. The summed E-state index contributed by atoms with van der Waals surface area (Å²) >= 11 is 1.53. The van der Waals surface area contributed by atoms with Crippen LogP contribution in [0.15, 0.2) is 28.9 Å². The topological polar surface area (TPSA) is 49.5 Å². The molecule has 1 aliphatic carbocycles. The van der Waals surface area contributed by atoms with Crippen LogP contribution in [0.3, 0.4) is 0 Å². The van der Waals surface area contributed by atoms with E-state index < -0.39 is 10.3 Å². The van der Waals surface area contributed by atoms with Gasteiger partial charge in [0.2, 0.25) is 16.0 Å². The second-order valence-electron chi connectivity index (χ2n) is 3.04. The Morgan fingerprint density at radius 2 is 2.13 bits per heavy atom. The first-order valence-corrected chi connectivity index (χ1v) is 6.53. The molecule has 78 valence electrons. The second-order valence-corrected chi connectivity index (χ2v) is 4.76. The Labute approximate surface area is 93.3 Å². The van der Waals surface area contributed by atoms with Gasteiger partial charge in [0, 0.05) is 6.08 Å². The molecule has 0 saturated heterocycles. The lowest BCUT2D eigenvalue weighted by Gasteiger charge is -2.00. The first-order chi connectivity index (χ1) is 7.13. The van der Waals surface area contributed by atoms with Crippen LogP contribution in [0.4, 0.5) is 0 Å². The van der Waals surface area contributed by atoms with Crippen LogP contribution >= 0.6 is 11.8 Å². The van der Waals surface area contributed by atoms with Crippen LogP contribution in [0.2, 0.25) is 0 Å². The van der Waals surface area contributed by atoms with Crippen molar-refractivity contribution in [3.8, 4) is 0 Å². The standard InChI is InChI=1S/C9H9N2O2S2/c1-11-8-5-6(15(12)13)3-4-7(8)10-9(11)14-2/h3-5H,1-2H3/q+1. The van der Waals surface area contributed by atoms with Crippen molar-refractivity contribution in [1.29, 1.82) is 0 Å². The van der Waals surface area contributed by atoms with E-state index in [1.165, 1.54) is 11.8 Å². The van der Waals surface area contributed by atoms with Gasteiger partial charge in [-0.3, -0.25) is 0 Å². The molecule has 1 aliphatic heterocycles. The van der Waals surface area contributed by atoms with Crippen molar-refractivity contribution in [2.75, 3.05) is 13.3 Å². The summed E-state index contributed by atoms with van der Waals surface area (Å²) < 4.78 is 23.5. The summed E-state index contributed by atoms with van der Waals surface area (Å²) in [6.07, 6.45) is 6.85. The van der Waals surface area contributed by atoms with Crippen molar-refractivity contribution in [3.05, 3.63) is 23.9 Å². The van der Waals surface area contributed by atoms with Crippen LogP contribution in [0.25, 0.3) is 0 Å². The highest BCUT2D eigenvalue weighted by Gasteiger charge is 2.30. The minimum atomic E-state index is -2.18. The molecular weight excluding hydrogens is 232 g/mol. The lowest BCUT2D eigenvalue weighted by atomic mass is 10.1. The van der Waals surface area contributed by atoms with Crippen molar-refractivity contribution in [2.45, 2.75) is 0 Å². The number of aliphatic imine (C=N–C) groups is 1. The Morgan fingerprint density at radius 1 is 1.40 bits per heavy atom. The number of amidine groups is 1. The van der Waals surface area contributed by atoms with Crippen LogP contribution in [0, 0.1) is 0 Å². The first kappa shape index (κ1) is 10.4. The molecule has 2 aliphatic rings. The number of allylic oxidation sites excluding steroid dienone is 3. The highest BCUT2D eigenvalue weighted by atomic mass is 32.2. The summed E-state index contributed by atoms with van der Waals surface area (Å²) in [5.74, 6) is 0. The van der Waals surface area contributed by atoms with Crippen LogP contribution < -0.4 is 0 Å². The molecule has 0 aromatic carbocycles. The molecule has 0 fully saturated rings. The Morgan fingerprint density at radius 3 is 2.73 bits per heavy atom. The highest BCUT2D eigenvalue weighted by molar-refractivity contribution is 8.13. The van der Waals surface area contributed by atoms with Gasteiger partial charge in [-0.25, -0.2) is 4.58 Å². The van der Waals surface area contributed by atoms with Gasteiger partial charge in [0.15, 0.2) is 5.70 Å². The third kappa shape index (κ3) is 1.70. The molecule has 15 heavy (non-hydrogen) atoms. The van der Waals surface area contributed by atoms with Crippen LogP contribution in [-0.2, 0) is 10.3 Å². The predicted molar refractivity (Wildman–Crippen MR) is 63.3 cm³/mol. The first-order valence-electron chi connectivity index (χ1n) is 4.23. The minimum absolute atomic E-state index is 0.290. The fourth-order valence-electron chi connectivity index (χ4n) is 1.43. The molecule has 0 atom stereocenters. The maximum absolute atomic E-state index is 10.8. The lowest BCUT2D eigenvalue weighted by molar-refractivity contribution is -0.428. The van der Waals surface area contributed by atoms with Gasteiger partial charge < -0.3 is 0 Å². The van der Waals surface area contributed by atoms with Crippen LogP contribution in [0.5, 0.6) is 0 Å². The van der Waals surface area contributed by atoms with Gasteiger partial charge in [-0.05, 0) is 35.2 Å². The van der Waals surface area contributed by atoms with E-state index in [-0.39, 0.29) is 4.86 Å². The van der Waals surface area contributed by atoms with Gasteiger partial charge in [0.1, 0.15) is 0 Å². The molecule has 0 N–H and O–H groups in total. The number of hydrogen-bond donors (Lipinski definition) is 0. The summed E-state index contributed by atoms with van der Waals surface area (Å²) in [6.45, 7) is 0. The zero-order valence-electron chi connectivity index (χ0n) is 8.26. The third-order valence-electron chi connectivity index (χ3n) is 2.19. The minimum Gasteiger partial charge on any atom is -0.217 e. The van der Waals surface area contributed by atoms with E-state index in [9.17, 15) is 8.42 Å². The molecule has 0 bridgehead atoms. The maximum atomic E-state index is 10.8. The SMILES string of the molecule is CSC1=[N+](C)C2=CC(=S(=O)=O)C=CC2=N1. The number of rotatable bonds is 0. The summed E-state index contributed by atoms with van der Waals surface area (Å²) in [4.78, 5) is 4.65. The quantitative estimate of drug-likeness (QED) is 0.453. The average molecular weight is 241 g/mol.